The number of aryl methyl sites for hydroxylation is 2. The summed E-state index contributed by atoms with van der Waals surface area (Å²) >= 11 is 1.37. The highest BCUT2D eigenvalue weighted by molar-refractivity contribution is 7.99. The molecule has 0 aliphatic rings. The molecule has 1 aromatic heterocycles. The number of carbonyl (C=O) groups excluding carboxylic acids is 1. The van der Waals surface area contributed by atoms with Crippen molar-refractivity contribution in [1.82, 2.24) is 15.2 Å². The Morgan fingerprint density at radius 3 is 2.60 bits per heavy atom. The van der Waals surface area contributed by atoms with Crippen LogP contribution in [0.2, 0.25) is 0 Å². The van der Waals surface area contributed by atoms with Crippen LogP contribution in [0.1, 0.15) is 42.0 Å². The van der Waals surface area contributed by atoms with Crippen LogP contribution in [0, 0.1) is 0 Å². The zero-order valence-corrected chi connectivity index (χ0v) is 12.7. The predicted octanol–water partition coefficient (Wildman–Crippen LogP) is 3.29. The number of ketones is 1. The van der Waals surface area contributed by atoms with Gasteiger partial charge in [-0.2, -0.15) is 0 Å². The minimum absolute atomic E-state index is 0.112. The number of hydrogen-bond acceptors (Lipinski definition) is 4. The molecular formula is C15H19N3OS. The molecule has 0 spiro atoms. The molecule has 1 aromatic carbocycles. The van der Waals surface area contributed by atoms with Crippen LogP contribution in [-0.4, -0.2) is 26.7 Å². The summed E-state index contributed by atoms with van der Waals surface area (Å²) in [6, 6.07) is 7.87. The van der Waals surface area contributed by atoms with Crippen molar-refractivity contribution in [3.05, 3.63) is 41.2 Å². The van der Waals surface area contributed by atoms with Crippen LogP contribution in [-0.2, 0) is 12.8 Å². The summed E-state index contributed by atoms with van der Waals surface area (Å²) in [5.74, 6) is 1.33. The number of nitrogens with one attached hydrogen (secondary N) is 1. The van der Waals surface area contributed by atoms with Gasteiger partial charge in [-0.3, -0.25) is 9.89 Å². The lowest BCUT2D eigenvalue weighted by atomic mass is 10.1. The number of aromatic amines is 1. The molecule has 20 heavy (non-hydrogen) atoms. The van der Waals surface area contributed by atoms with E-state index in [4.69, 9.17) is 0 Å². The van der Waals surface area contributed by atoms with Crippen LogP contribution in [0.15, 0.2) is 29.4 Å². The van der Waals surface area contributed by atoms with Gasteiger partial charge >= 0.3 is 0 Å². The normalized spacial score (nSPS) is 10.7. The number of hydrogen-bond donors (Lipinski definition) is 1. The van der Waals surface area contributed by atoms with E-state index in [-0.39, 0.29) is 5.78 Å². The van der Waals surface area contributed by atoms with Gasteiger partial charge in [0, 0.05) is 12.0 Å². The van der Waals surface area contributed by atoms with E-state index >= 15 is 0 Å². The van der Waals surface area contributed by atoms with Gasteiger partial charge in [-0.15, -0.1) is 5.10 Å². The fraction of sp³-hybridized carbons (Fsp3) is 0.400. The molecule has 0 aliphatic heterocycles. The second-order valence-corrected chi connectivity index (χ2v) is 5.52. The molecule has 0 bridgehead atoms. The van der Waals surface area contributed by atoms with Gasteiger partial charge in [0.1, 0.15) is 5.82 Å². The standard InChI is InChI=1S/C15H19N3OS/c1-3-5-11-6-8-12(9-7-11)13(19)10-20-15-16-14(4-2)17-18-15/h6-9H,3-5,10H2,1-2H3,(H,16,17,18). The third-order valence-corrected chi connectivity index (χ3v) is 3.84. The summed E-state index contributed by atoms with van der Waals surface area (Å²) in [5.41, 5.74) is 2.03. The van der Waals surface area contributed by atoms with Crippen LogP contribution in [0.25, 0.3) is 0 Å². The Bertz CT molecular complexity index is 563. The number of H-pyrrole nitrogens is 1. The van der Waals surface area contributed by atoms with Crippen molar-refractivity contribution in [2.75, 3.05) is 5.75 Å². The van der Waals surface area contributed by atoms with Gasteiger partial charge in [-0.1, -0.05) is 56.3 Å². The Morgan fingerprint density at radius 1 is 1.25 bits per heavy atom. The smallest absolute Gasteiger partial charge is 0.208 e. The average molecular weight is 289 g/mol. The van der Waals surface area contributed by atoms with Gasteiger partial charge in [0.2, 0.25) is 5.16 Å². The Labute approximate surface area is 123 Å². The number of Topliss-reactive ketones (excluding diaryl/α,β-unsaturated/α-hetero) is 1. The topological polar surface area (TPSA) is 58.6 Å². The van der Waals surface area contributed by atoms with Crippen LogP contribution < -0.4 is 0 Å². The molecule has 0 saturated carbocycles. The number of nitrogens with zero attached hydrogens (tertiary/aromatic N) is 2. The van der Waals surface area contributed by atoms with E-state index in [9.17, 15) is 4.79 Å². The number of carbonyl (C=O) groups is 1. The van der Waals surface area contributed by atoms with Crippen molar-refractivity contribution >= 4 is 17.5 Å². The molecule has 0 radical (unpaired) electrons. The summed E-state index contributed by atoms with van der Waals surface area (Å²) in [6.45, 7) is 4.16. The first-order valence-corrected chi connectivity index (χ1v) is 7.87. The van der Waals surface area contributed by atoms with E-state index in [1.165, 1.54) is 17.3 Å². The third-order valence-electron chi connectivity index (χ3n) is 2.99. The van der Waals surface area contributed by atoms with E-state index in [0.717, 1.165) is 30.7 Å². The molecule has 0 saturated heterocycles. The molecule has 0 unspecified atom stereocenters. The van der Waals surface area contributed by atoms with Crippen LogP contribution in [0.3, 0.4) is 0 Å². The van der Waals surface area contributed by atoms with E-state index in [1.807, 2.05) is 31.2 Å². The van der Waals surface area contributed by atoms with E-state index in [2.05, 4.69) is 22.1 Å². The third kappa shape index (κ3) is 3.93. The van der Waals surface area contributed by atoms with E-state index in [0.29, 0.717) is 10.9 Å². The predicted molar refractivity (Wildman–Crippen MR) is 81.3 cm³/mol. The number of thioether (sulfide) groups is 1. The number of aromatic nitrogens is 3. The second-order valence-electron chi connectivity index (χ2n) is 4.58. The molecule has 1 N–H and O–H groups in total. The summed E-state index contributed by atoms with van der Waals surface area (Å²) in [4.78, 5) is 16.4. The maximum Gasteiger partial charge on any atom is 0.208 e. The minimum atomic E-state index is 0.112. The zero-order valence-electron chi connectivity index (χ0n) is 11.8. The van der Waals surface area contributed by atoms with Crippen molar-refractivity contribution in [2.45, 2.75) is 38.3 Å². The van der Waals surface area contributed by atoms with Crippen LogP contribution in [0.5, 0.6) is 0 Å². The summed E-state index contributed by atoms with van der Waals surface area (Å²) in [6.07, 6.45) is 2.99. The lowest BCUT2D eigenvalue weighted by Crippen LogP contribution is -2.02. The molecule has 5 heteroatoms. The van der Waals surface area contributed by atoms with Gasteiger partial charge in [0.25, 0.3) is 0 Å². The molecule has 0 aliphatic carbocycles. The SMILES string of the molecule is CCCc1ccc(C(=O)CSc2n[nH]c(CC)n2)cc1. The average Bonchev–Trinajstić information content (AvgIpc) is 2.94. The van der Waals surface area contributed by atoms with Crippen molar-refractivity contribution in [1.29, 1.82) is 0 Å². The highest BCUT2D eigenvalue weighted by Crippen LogP contribution is 2.15. The minimum Gasteiger partial charge on any atom is -0.293 e. The van der Waals surface area contributed by atoms with Crippen molar-refractivity contribution in [2.24, 2.45) is 0 Å². The van der Waals surface area contributed by atoms with Gasteiger partial charge < -0.3 is 0 Å². The molecule has 0 fully saturated rings. The van der Waals surface area contributed by atoms with Gasteiger partial charge in [-0.05, 0) is 12.0 Å². The lowest BCUT2D eigenvalue weighted by Gasteiger charge is -2.02. The Balaban J connectivity index is 1.90. The zero-order chi connectivity index (χ0) is 14.4. The maximum atomic E-state index is 12.1. The van der Waals surface area contributed by atoms with Crippen molar-refractivity contribution < 1.29 is 4.79 Å². The Hall–Kier alpha value is -1.62. The second kappa shape index (κ2) is 7.24. The summed E-state index contributed by atoms with van der Waals surface area (Å²) in [7, 11) is 0. The largest absolute Gasteiger partial charge is 0.293 e. The molecule has 0 amide bonds. The van der Waals surface area contributed by atoms with Crippen molar-refractivity contribution in [3.8, 4) is 0 Å². The number of benzene rings is 1. The fourth-order valence-corrected chi connectivity index (χ4v) is 2.57. The molecule has 4 nitrogen and oxygen atoms in total. The highest BCUT2D eigenvalue weighted by atomic mass is 32.2. The van der Waals surface area contributed by atoms with Crippen LogP contribution in [0.4, 0.5) is 0 Å². The number of rotatable bonds is 7. The molecule has 2 aromatic rings. The van der Waals surface area contributed by atoms with Gasteiger partial charge in [0.05, 0.1) is 5.75 Å². The Kier molecular flexibility index (Phi) is 5.35. The molecule has 1 heterocycles. The monoisotopic (exact) mass is 289 g/mol. The molecule has 0 atom stereocenters. The van der Waals surface area contributed by atoms with Gasteiger partial charge in [0.15, 0.2) is 5.78 Å². The first kappa shape index (κ1) is 14.8. The maximum absolute atomic E-state index is 12.1. The quantitative estimate of drug-likeness (QED) is 0.627. The highest BCUT2D eigenvalue weighted by Gasteiger charge is 2.09. The summed E-state index contributed by atoms with van der Waals surface area (Å²) < 4.78 is 0. The van der Waals surface area contributed by atoms with Crippen molar-refractivity contribution in [3.63, 3.8) is 0 Å². The molecule has 106 valence electrons. The first-order chi connectivity index (χ1) is 9.72. The van der Waals surface area contributed by atoms with E-state index < -0.39 is 0 Å². The Morgan fingerprint density at radius 2 is 2.00 bits per heavy atom. The summed E-state index contributed by atoms with van der Waals surface area (Å²) in [5, 5.41) is 7.55. The first-order valence-electron chi connectivity index (χ1n) is 6.89. The van der Waals surface area contributed by atoms with E-state index in [1.54, 1.807) is 0 Å². The fourth-order valence-electron chi connectivity index (χ4n) is 1.86. The molecular weight excluding hydrogens is 270 g/mol. The lowest BCUT2D eigenvalue weighted by molar-refractivity contribution is 0.102. The molecule has 2 rings (SSSR count). The van der Waals surface area contributed by atoms with Crippen LogP contribution >= 0.6 is 11.8 Å². The van der Waals surface area contributed by atoms with Gasteiger partial charge in [-0.25, -0.2) is 4.98 Å².